The van der Waals surface area contributed by atoms with Gasteiger partial charge in [0.05, 0.1) is 4.90 Å². The molecule has 2 aliphatic rings. The third kappa shape index (κ3) is 3.94. The van der Waals surface area contributed by atoms with Gasteiger partial charge in [-0.2, -0.15) is 4.31 Å². The SMILES string of the molecule is Cc1ccc(/C(F)=C2/CN(S(=O)(=O)c3ccc(C)cc3)CC3=CCCCC32)cc1. The van der Waals surface area contributed by atoms with Gasteiger partial charge < -0.3 is 0 Å². The van der Waals surface area contributed by atoms with Crippen LogP contribution in [0.2, 0.25) is 0 Å². The summed E-state index contributed by atoms with van der Waals surface area (Å²) in [5.74, 6) is -0.291. The first-order valence-electron chi connectivity index (χ1n) is 10.1. The van der Waals surface area contributed by atoms with Crippen LogP contribution >= 0.6 is 0 Å². The van der Waals surface area contributed by atoms with E-state index < -0.39 is 10.0 Å². The Morgan fingerprint density at radius 1 is 0.966 bits per heavy atom. The molecule has 29 heavy (non-hydrogen) atoms. The van der Waals surface area contributed by atoms with Gasteiger partial charge in [-0.1, -0.05) is 59.2 Å². The van der Waals surface area contributed by atoms with E-state index in [4.69, 9.17) is 0 Å². The molecule has 3 nitrogen and oxygen atoms in total. The van der Waals surface area contributed by atoms with Crippen molar-refractivity contribution in [3.05, 3.63) is 82.4 Å². The topological polar surface area (TPSA) is 37.4 Å². The zero-order valence-corrected chi connectivity index (χ0v) is 17.7. The van der Waals surface area contributed by atoms with Gasteiger partial charge in [0.25, 0.3) is 0 Å². The van der Waals surface area contributed by atoms with Crippen LogP contribution in [0.1, 0.15) is 36.0 Å². The first-order chi connectivity index (χ1) is 13.9. The minimum atomic E-state index is -3.69. The highest BCUT2D eigenvalue weighted by Gasteiger charge is 2.37. The third-order valence-electron chi connectivity index (χ3n) is 5.92. The maximum Gasteiger partial charge on any atom is 0.243 e. The number of allylic oxidation sites excluding steroid dienone is 1. The van der Waals surface area contributed by atoms with Gasteiger partial charge in [-0.25, -0.2) is 12.8 Å². The van der Waals surface area contributed by atoms with Gasteiger partial charge in [-0.15, -0.1) is 0 Å². The highest BCUT2D eigenvalue weighted by atomic mass is 32.2. The Morgan fingerprint density at radius 2 is 1.59 bits per heavy atom. The van der Waals surface area contributed by atoms with Gasteiger partial charge in [0.1, 0.15) is 5.83 Å². The zero-order chi connectivity index (χ0) is 20.6. The normalized spacial score (nSPS) is 22.0. The molecule has 1 saturated heterocycles. The summed E-state index contributed by atoms with van der Waals surface area (Å²) < 4.78 is 43.5. The summed E-state index contributed by atoms with van der Waals surface area (Å²) in [7, 11) is -3.69. The van der Waals surface area contributed by atoms with E-state index >= 15 is 4.39 Å². The summed E-state index contributed by atoms with van der Waals surface area (Å²) in [6.07, 6.45) is 4.90. The van der Waals surface area contributed by atoms with Crippen LogP contribution in [0.25, 0.3) is 5.83 Å². The zero-order valence-electron chi connectivity index (χ0n) is 16.9. The highest BCUT2D eigenvalue weighted by molar-refractivity contribution is 7.89. The molecule has 0 aromatic heterocycles. The lowest BCUT2D eigenvalue weighted by Crippen LogP contribution is -2.42. The van der Waals surface area contributed by atoms with E-state index in [0.29, 0.717) is 17.7 Å². The summed E-state index contributed by atoms with van der Waals surface area (Å²) in [5.41, 5.74) is 4.20. The minimum Gasteiger partial charge on any atom is -0.207 e. The van der Waals surface area contributed by atoms with Crippen molar-refractivity contribution >= 4 is 15.9 Å². The monoisotopic (exact) mass is 411 g/mol. The van der Waals surface area contributed by atoms with Gasteiger partial charge in [0, 0.05) is 24.6 Å². The maximum atomic E-state index is 15.6. The molecular formula is C24H26FNO2S. The second-order valence-electron chi connectivity index (χ2n) is 8.05. The van der Waals surface area contributed by atoms with Crippen molar-refractivity contribution in [2.45, 2.75) is 38.0 Å². The molecule has 1 unspecified atom stereocenters. The fourth-order valence-electron chi connectivity index (χ4n) is 4.21. The molecule has 0 saturated carbocycles. The van der Waals surface area contributed by atoms with Crippen LogP contribution in [-0.4, -0.2) is 25.8 Å². The van der Waals surface area contributed by atoms with Crippen LogP contribution < -0.4 is 0 Å². The first-order valence-corrected chi connectivity index (χ1v) is 11.5. The second kappa shape index (κ2) is 7.88. The Labute approximate surface area is 172 Å². The number of benzene rings is 2. The van der Waals surface area contributed by atoms with E-state index in [-0.39, 0.29) is 23.2 Å². The van der Waals surface area contributed by atoms with E-state index in [2.05, 4.69) is 6.08 Å². The molecule has 0 spiro atoms. The highest BCUT2D eigenvalue weighted by Crippen LogP contribution is 2.41. The number of nitrogens with zero attached hydrogens (tertiary/aromatic N) is 1. The Bertz CT molecular complexity index is 1070. The number of sulfonamides is 1. The summed E-state index contributed by atoms with van der Waals surface area (Å²) in [6, 6.07) is 14.2. The summed E-state index contributed by atoms with van der Waals surface area (Å²) >= 11 is 0. The predicted molar refractivity (Wildman–Crippen MR) is 115 cm³/mol. The van der Waals surface area contributed by atoms with E-state index in [1.807, 2.05) is 26.0 Å². The van der Waals surface area contributed by atoms with Gasteiger partial charge in [-0.05, 0) is 50.8 Å². The number of hydrogen-bond donors (Lipinski definition) is 0. The van der Waals surface area contributed by atoms with Crippen molar-refractivity contribution in [2.75, 3.05) is 13.1 Å². The fraction of sp³-hybridized carbons (Fsp3) is 0.333. The van der Waals surface area contributed by atoms with Crippen LogP contribution in [0.4, 0.5) is 4.39 Å². The first kappa shape index (κ1) is 20.0. The lowest BCUT2D eigenvalue weighted by molar-refractivity contribution is 0.379. The smallest absolute Gasteiger partial charge is 0.207 e. The van der Waals surface area contributed by atoms with Gasteiger partial charge >= 0.3 is 0 Å². The Hall–Kier alpha value is -2.24. The Kier molecular flexibility index (Phi) is 5.45. The lowest BCUT2D eigenvalue weighted by atomic mass is 9.79. The third-order valence-corrected chi connectivity index (χ3v) is 7.73. The lowest BCUT2D eigenvalue weighted by Gasteiger charge is -2.38. The van der Waals surface area contributed by atoms with Crippen molar-refractivity contribution in [2.24, 2.45) is 5.92 Å². The molecule has 0 bridgehead atoms. The molecule has 5 heteroatoms. The number of halogens is 1. The molecule has 0 N–H and O–H groups in total. The Morgan fingerprint density at radius 3 is 2.24 bits per heavy atom. The average Bonchev–Trinajstić information content (AvgIpc) is 2.73. The largest absolute Gasteiger partial charge is 0.243 e. The van der Waals surface area contributed by atoms with Gasteiger partial charge in [0.15, 0.2) is 0 Å². The average molecular weight is 412 g/mol. The summed E-state index contributed by atoms with van der Waals surface area (Å²) in [5, 5.41) is 0. The van der Waals surface area contributed by atoms with E-state index in [9.17, 15) is 8.42 Å². The minimum absolute atomic E-state index is 0.00507. The molecule has 0 amide bonds. The molecular weight excluding hydrogens is 385 g/mol. The number of aryl methyl sites for hydroxylation is 2. The van der Waals surface area contributed by atoms with E-state index in [0.717, 1.165) is 36.0 Å². The number of piperidine rings is 1. The summed E-state index contributed by atoms with van der Waals surface area (Å²) in [6.45, 7) is 4.32. The molecule has 4 rings (SSSR count). The molecule has 0 radical (unpaired) electrons. The number of rotatable bonds is 3. The van der Waals surface area contributed by atoms with Crippen molar-refractivity contribution in [1.29, 1.82) is 0 Å². The predicted octanol–water partition coefficient (Wildman–Crippen LogP) is 5.42. The molecule has 2 aromatic carbocycles. The molecule has 152 valence electrons. The quantitative estimate of drug-likeness (QED) is 0.633. The fourth-order valence-corrected chi connectivity index (χ4v) is 5.61. The van der Waals surface area contributed by atoms with Gasteiger partial charge in [0.2, 0.25) is 10.0 Å². The van der Waals surface area contributed by atoms with Crippen LogP contribution in [0, 0.1) is 19.8 Å². The molecule has 1 aliphatic carbocycles. The molecule has 1 fully saturated rings. The van der Waals surface area contributed by atoms with Crippen LogP contribution in [0.3, 0.4) is 0 Å². The van der Waals surface area contributed by atoms with Crippen molar-refractivity contribution in [1.82, 2.24) is 4.31 Å². The molecule has 1 heterocycles. The van der Waals surface area contributed by atoms with Gasteiger partial charge in [-0.3, -0.25) is 0 Å². The molecule has 1 aliphatic heterocycles. The van der Waals surface area contributed by atoms with Crippen LogP contribution in [-0.2, 0) is 10.0 Å². The molecule has 2 aromatic rings. The van der Waals surface area contributed by atoms with Crippen molar-refractivity contribution in [3.63, 3.8) is 0 Å². The second-order valence-corrected chi connectivity index (χ2v) is 9.99. The number of hydrogen-bond acceptors (Lipinski definition) is 2. The van der Waals surface area contributed by atoms with Crippen LogP contribution in [0.5, 0.6) is 0 Å². The Balaban J connectivity index is 1.76. The maximum absolute atomic E-state index is 15.6. The summed E-state index contributed by atoms with van der Waals surface area (Å²) in [4.78, 5) is 0.257. The molecule has 1 atom stereocenters. The number of fused-ring (bicyclic) bond motifs is 1. The van der Waals surface area contributed by atoms with Crippen molar-refractivity contribution < 1.29 is 12.8 Å². The van der Waals surface area contributed by atoms with Crippen molar-refractivity contribution in [3.8, 4) is 0 Å². The van der Waals surface area contributed by atoms with E-state index in [1.54, 1.807) is 36.4 Å². The van der Waals surface area contributed by atoms with E-state index in [1.165, 1.54) is 4.31 Å². The van der Waals surface area contributed by atoms with Crippen LogP contribution in [0.15, 0.2) is 70.6 Å². The standard InChI is InChI=1S/C24H26FNO2S/c1-17-7-11-19(12-8-17)24(25)23-16-26(15-20-5-3-4-6-22(20)23)29(27,28)21-13-9-18(2)10-14-21/h5,7-14,22H,3-4,6,15-16H2,1-2H3/b24-23+.